The van der Waals surface area contributed by atoms with E-state index in [4.69, 9.17) is 18.9 Å². The van der Waals surface area contributed by atoms with E-state index in [-0.39, 0.29) is 5.69 Å². The van der Waals surface area contributed by atoms with Crippen molar-refractivity contribution >= 4 is 29.5 Å². The van der Waals surface area contributed by atoms with Gasteiger partial charge in [0, 0.05) is 26.5 Å². The summed E-state index contributed by atoms with van der Waals surface area (Å²) in [6.45, 7) is 3.23. The van der Waals surface area contributed by atoms with Crippen molar-refractivity contribution in [2.75, 3.05) is 12.0 Å². The molecule has 4 atom stereocenters. The topological polar surface area (TPSA) is 129 Å². The molecule has 1 heterocycles. The van der Waals surface area contributed by atoms with Gasteiger partial charge in [-0.05, 0) is 24.3 Å². The molecule has 10 heteroatoms. The molecule has 1 aliphatic rings. The number of hydrogen-bond acceptors (Lipinski definition) is 9. The van der Waals surface area contributed by atoms with Gasteiger partial charge in [0.2, 0.25) is 6.10 Å². The molecule has 28 heavy (non-hydrogen) atoms. The fraction of sp³-hybridized carbons (Fsp3) is 0.444. The first-order valence-electron chi connectivity index (χ1n) is 8.32. The van der Waals surface area contributed by atoms with E-state index in [9.17, 15) is 24.3 Å². The number of nitrogens with zero attached hydrogens (tertiary/aromatic N) is 1. The molecule has 1 aromatic carbocycles. The largest absolute Gasteiger partial charge is 0.497 e. The number of aliphatic hydroxyl groups excluding tert-OH is 1. The van der Waals surface area contributed by atoms with Crippen LogP contribution in [0.5, 0.6) is 5.75 Å². The van der Waals surface area contributed by atoms with Gasteiger partial charge in [-0.1, -0.05) is 0 Å². The lowest BCUT2D eigenvalue weighted by Crippen LogP contribution is -2.67. The maximum atomic E-state index is 13.0. The third kappa shape index (κ3) is 4.58. The van der Waals surface area contributed by atoms with Crippen LogP contribution in [0.1, 0.15) is 20.8 Å². The number of piperidine rings is 1. The van der Waals surface area contributed by atoms with Gasteiger partial charge >= 0.3 is 17.9 Å². The maximum absolute atomic E-state index is 13.0. The van der Waals surface area contributed by atoms with Gasteiger partial charge in [0.1, 0.15) is 5.75 Å². The summed E-state index contributed by atoms with van der Waals surface area (Å²) in [5.41, 5.74) is 0.230. The molecule has 1 unspecified atom stereocenters. The molecule has 10 nitrogen and oxygen atoms in total. The van der Waals surface area contributed by atoms with E-state index in [1.807, 2.05) is 0 Å². The smallest absolute Gasteiger partial charge is 0.303 e. The molecular weight excluding hydrogens is 374 g/mol. The summed E-state index contributed by atoms with van der Waals surface area (Å²) in [4.78, 5) is 48.4. The number of benzene rings is 1. The van der Waals surface area contributed by atoms with Gasteiger partial charge in [0.05, 0.1) is 7.11 Å². The summed E-state index contributed by atoms with van der Waals surface area (Å²) in [5.74, 6) is -2.75. The Balaban J connectivity index is 2.50. The van der Waals surface area contributed by atoms with Crippen molar-refractivity contribution in [1.29, 1.82) is 0 Å². The van der Waals surface area contributed by atoms with E-state index in [2.05, 4.69) is 0 Å². The Morgan fingerprint density at radius 3 is 1.86 bits per heavy atom. The number of methoxy groups -OCH3 is 1. The fourth-order valence-corrected chi connectivity index (χ4v) is 2.86. The minimum absolute atomic E-state index is 0.230. The predicted molar refractivity (Wildman–Crippen MR) is 93.1 cm³/mol. The summed E-state index contributed by atoms with van der Waals surface area (Å²) in [5, 5.41) is 10.7. The van der Waals surface area contributed by atoms with E-state index in [0.29, 0.717) is 5.75 Å². The van der Waals surface area contributed by atoms with Crippen LogP contribution in [0.2, 0.25) is 0 Å². The van der Waals surface area contributed by atoms with Crippen LogP contribution < -0.4 is 9.64 Å². The maximum Gasteiger partial charge on any atom is 0.303 e. The molecule has 0 bridgehead atoms. The summed E-state index contributed by atoms with van der Waals surface area (Å²) < 4.78 is 20.3. The van der Waals surface area contributed by atoms with Crippen LogP contribution >= 0.6 is 0 Å². The number of carbonyl (C=O) groups is 4. The Labute approximate surface area is 160 Å². The second kappa shape index (κ2) is 8.70. The third-order valence-electron chi connectivity index (χ3n) is 3.91. The standard InChI is InChI=1S/C18H21NO9/c1-9(20)26-14-15(27-10(2)21)17(23)19(18(24)16(14)28-11(3)22)12-5-7-13(25-4)8-6-12/h5-8,14-17,23H,1-4H3/t14-,15-,16+,17?/m1/s1. The van der Waals surface area contributed by atoms with Crippen molar-refractivity contribution < 1.29 is 43.2 Å². The first-order valence-corrected chi connectivity index (χ1v) is 8.32. The molecule has 0 aromatic heterocycles. The zero-order chi connectivity index (χ0) is 21.0. The molecule has 0 spiro atoms. The van der Waals surface area contributed by atoms with E-state index in [1.54, 1.807) is 12.1 Å². The highest BCUT2D eigenvalue weighted by atomic mass is 16.6. The lowest BCUT2D eigenvalue weighted by atomic mass is 9.97. The third-order valence-corrected chi connectivity index (χ3v) is 3.91. The number of hydrogen-bond donors (Lipinski definition) is 1. The molecule has 1 saturated heterocycles. The van der Waals surface area contributed by atoms with Gasteiger partial charge in [0.15, 0.2) is 18.4 Å². The molecule has 2 rings (SSSR count). The zero-order valence-corrected chi connectivity index (χ0v) is 15.8. The Hall–Kier alpha value is -3.14. The van der Waals surface area contributed by atoms with Crippen LogP contribution in [-0.4, -0.2) is 60.6 Å². The summed E-state index contributed by atoms with van der Waals surface area (Å²) >= 11 is 0. The van der Waals surface area contributed by atoms with Gasteiger partial charge in [-0.2, -0.15) is 0 Å². The number of amides is 1. The zero-order valence-electron chi connectivity index (χ0n) is 15.8. The minimum Gasteiger partial charge on any atom is -0.497 e. The van der Waals surface area contributed by atoms with E-state index in [1.165, 1.54) is 19.2 Å². The first-order chi connectivity index (χ1) is 13.1. The minimum atomic E-state index is -1.69. The van der Waals surface area contributed by atoms with E-state index < -0.39 is 48.4 Å². The summed E-state index contributed by atoms with van der Waals surface area (Å²) in [6, 6.07) is 6.08. The molecule has 0 aliphatic carbocycles. The predicted octanol–water partition coefficient (Wildman–Crippen LogP) is 0.155. The Morgan fingerprint density at radius 2 is 1.39 bits per heavy atom. The molecule has 1 aliphatic heterocycles. The first kappa shape index (κ1) is 21.2. The van der Waals surface area contributed by atoms with Crippen LogP contribution in [0.3, 0.4) is 0 Å². The molecule has 0 radical (unpaired) electrons. The van der Waals surface area contributed by atoms with Crippen molar-refractivity contribution in [2.45, 2.75) is 45.3 Å². The molecule has 1 amide bonds. The normalized spacial score (nSPS) is 24.3. The van der Waals surface area contributed by atoms with Crippen molar-refractivity contribution in [3.63, 3.8) is 0 Å². The lowest BCUT2D eigenvalue weighted by Gasteiger charge is -2.44. The van der Waals surface area contributed by atoms with Crippen molar-refractivity contribution in [2.24, 2.45) is 0 Å². The van der Waals surface area contributed by atoms with Gasteiger partial charge in [-0.3, -0.25) is 24.1 Å². The molecule has 0 saturated carbocycles. The highest BCUT2D eigenvalue weighted by Gasteiger charge is 2.54. The number of ether oxygens (including phenoxy) is 4. The quantitative estimate of drug-likeness (QED) is 0.547. The van der Waals surface area contributed by atoms with Gasteiger partial charge in [0.25, 0.3) is 5.91 Å². The van der Waals surface area contributed by atoms with Crippen LogP contribution in [0.25, 0.3) is 0 Å². The Morgan fingerprint density at radius 1 is 0.893 bits per heavy atom. The average molecular weight is 395 g/mol. The highest BCUT2D eigenvalue weighted by molar-refractivity contribution is 5.99. The summed E-state index contributed by atoms with van der Waals surface area (Å²) in [6.07, 6.45) is -6.30. The van der Waals surface area contributed by atoms with Crippen LogP contribution in [0, 0.1) is 0 Å². The molecule has 1 aromatic rings. The molecule has 152 valence electrons. The van der Waals surface area contributed by atoms with Gasteiger partial charge in [-0.15, -0.1) is 0 Å². The van der Waals surface area contributed by atoms with Crippen LogP contribution in [-0.2, 0) is 33.4 Å². The number of aliphatic hydroxyl groups is 1. The monoisotopic (exact) mass is 395 g/mol. The fourth-order valence-electron chi connectivity index (χ4n) is 2.86. The van der Waals surface area contributed by atoms with Gasteiger partial charge in [-0.25, -0.2) is 0 Å². The van der Waals surface area contributed by atoms with Crippen molar-refractivity contribution in [3.05, 3.63) is 24.3 Å². The second-order valence-electron chi connectivity index (χ2n) is 6.00. The average Bonchev–Trinajstić information content (AvgIpc) is 2.61. The second-order valence-corrected chi connectivity index (χ2v) is 6.00. The number of rotatable bonds is 5. The highest BCUT2D eigenvalue weighted by Crippen LogP contribution is 2.31. The molecular formula is C18H21NO9. The van der Waals surface area contributed by atoms with E-state index in [0.717, 1.165) is 25.7 Å². The lowest BCUT2D eigenvalue weighted by molar-refractivity contribution is -0.202. The van der Waals surface area contributed by atoms with Gasteiger partial charge < -0.3 is 24.1 Å². The van der Waals surface area contributed by atoms with E-state index >= 15 is 0 Å². The number of esters is 3. The summed E-state index contributed by atoms with van der Waals surface area (Å²) in [7, 11) is 1.47. The van der Waals surface area contributed by atoms with Crippen LogP contribution in [0.15, 0.2) is 24.3 Å². The Kier molecular flexibility index (Phi) is 6.57. The SMILES string of the molecule is COc1ccc(N2C(=O)[C@@H](OC(C)=O)[C@H](OC(C)=O)[C@@H](OC(C)=O)C2O)cc1. The molecule has 1 N–H and O–H groups in total. The van der Waals surface area contributed by atoms with Crippen molar-refractivity contribution in [3.8, 4) is 5.75 Å². The Bertz CT molecular complexity index is 761. The van der Waals surface area contributed by atoms with Crippen molar-refractivity contribution in [1.82, 2.24) is 0 Å². The molecule has 1 fully saturated rings. The van der Waals surface area contributed by atoms with Crippen LogP contribution in [0.4, 0.5) is 5.69 Å². The number of carbonyl (C=O) groups excluding carboxylic acids is 4. The number of anilines is 1.